The molecule has 0 radical (unpaired) electrons. The van der Waals surface area contributed by atoms with Crippen LogP contribution < -0.4 is 0 Å². The van der Waals surface area contributed by atoms with Gasteiger partial charge in [-0.25, -0.2) is 0 Å². The van der Waals surface area contributed by atoms with Crippen LogP contribution in [0.1, 0.15) is 34.6 Å². The van der Waals surface area contributed by atoms with Crippen LogP contribution in [0, 0.1) is 0 Å². The number of allylic oxidation sites excluding steroid dienone is 1. The zero-order valence-electron chi connectivity index (χ0n) is 9.92. The van der Waals surface area contributed by atoms with Crippen molar-refractivity contribution in [2.45, 2.75) is 40.2 Å². The topological polar surface area (TPSA) is 20.3 Å². The summed E-state index contributed by atoms with van der Waals surface area (Å²) in [6.45, 7) is 14.2. The molecular formula is C12H21NO. The van der Waals surface area contributed by atoms with Crippen molar-refractivity contribution < 1.29 is 4.79 Å². The first-order chi connectivity index (χ1) is 6.29. The molecule has 0 bridgehead atoms. The van der Waals surface area contributed by atoms with Crippen LogP contribution in [0.4, 0.5) is 0 Å². The van der Waals surface area contributed by atoms with E-state index in [1.54, 1.807) is 17.1 Å². The van der Waals surface area contributed by atoms with Gasteiger partial charge in [0, 0.05) is 18.2 Å². The van der Waals surface area contributed by atoms with E-state index in [1.165, 1.54) is 0 Å². The lowest BCUT2D eigenvalue weighted by Crippen LogP contribution is -2.45. The highest BCUT2D eigenvalue weighted by Gasteiger charge is 2.23. The molecule has 14 heavy (non-hydrogen) atoms. The molecule has 0 fully saturated rings. The molecule has 0 rings (SSSR count). The van der Waals surface area contributed by atoms with E-state index >= 15 is 0 Å². The summed E-state index contributed by atoms with van der Waals surface area (Å²) < 4.78 is 0. The van der Waals surface area contributed by atoms with Gasteiger partial charge in [0.15, 0.2) is 0 Å². The van der Waals surface area contributed by atoms with Crippen molar-refractivity contribution in [1.29, 1.82) is 0 Å². The highest BCUT2D eigenvalue weighted by Crippen LogP contribution is 2.14. The second-order valence-electron chi connectivity index (χ2n) is 4.63. The minimum absolute atomic E-state index is 0.0531. The van der Waals surface area contributed by atoms with Crippen LogP contribution in [0.15, 0.2) is 24.3 Å². The standard InChI is InChI=1S/C12H21NO/c1-7-8-13(12(4,5)6)11(14)9-10(2)3/h7,9H,1,8H2,2-6H3. The van der Waals surface area contributed by atoms with Crippen molar-refractivity contribution in [3.8, 4) is 0 Å². The highest BCUT2D eigenvalue weighted by molar-refractivity contribution is 5.88. The van der Waals surface area contributed by atoms with Crippen LogP contribution in [0.5, 0.6) is 0 Å². The average molecular weight is 195 g/mol. The molecule has 0 spiro atoms. The predicted octanol–water partition coefficient (Wildman–Crippen LogP) is 2.77. The molecule has 0 aromatic carbocycles. The van der Waals surface area contributed by atoms with E-state index in [0.29, 0.717) is 6.54 Å². The molecule has 0 saturated heterocycles. The molecular weight excluding hydrogens is 174 g/mol. The summed E-state index contributed by atoms with van der Waals surface area (Å²) in [5.41, 5.74) is 0.866. The number of carbonyl (C=O) groups excluding carboxylic acids is 1. The fourth-order valence-electron chi connectivity index (χ4n) is 1.15. The van der Waals surface area contributed by atoms with Crippen molar-refractivity contribution in [2.24, 2.45) is 0 Å². The Labute approximate surface area is 87.3 Å². The number of hydrogen-bond donors (Lipinski definition) is 0. The lowest BCUT2D eigenvalue weighted by molar-refractivity contribution is -0.129. The number of hydrogen-bond acceptors (Lipinski definition) is 1. The van der Waals surface area contributed by atoms with Crippen LogP contribution in [-0.2, 0) is 4.79 Å². The van der Waals surface area contributed by atoms with Gasteiger partial charge in [-0.1, -0.05) is 11.6 Å². The van der Waals surface area contributed by atoms with Crippen molar-refractivity contribution >= 4 is 5.91 Å². The monoisotopic (exact) mass is 195 g/mol. The second-order valence-corrected chi connectivity index (χ2v) is 4.63. The Hall–Kier alpha value is -1.05. The molecule has 0 aromatic rings. The van der Waals surface area contributed by atoms with Gasteiger partial charge in [0.2, 0.25) is 5.91 Å². The largest absolute Gasteiger partial charge is 0.331 e. The van der Waals surface area contributed by atoms with Crippen LogP contribution >= 0.6 is 0 Å². The molecule has 0 unspecified atom stereocenters. The minimum Gasteiger partial charge on any atom is -0.331 e. The molecule has 0 aliphatic carbocycles. The lowest BCUT2D eigenvalue weighted by Gasteiger charge is -2.34. The van der Waals surface area contributed by atoms with Gasteiger partial charge in [-0.05, 0) is 34.6 Å². The quantitative estimate of drug-likeness (QED) is 0.501. The third-order valence-electron chi connectivity index (χ3n) is 1.80. The maximum Gasteiger partial charge on any atom is 0.247 e. The van der Waals surface area contributed by atoms with Gasteiger partial charge in [0.25, 0.3) is 0 Å². The summed E-state index contributed by atoms with van der Waals surface area (Å²) in [7, 11) is 0. The lowest BCUT2D eigenvalue weighted by atomic mass is 10.1. The molecule has 80 valence electrons. The molecule has 0 atom stereocenters. The van der Waals surface area contributed by atoms with E-state index < -0.39 is 0 Å². The predicted molar refractivity (Wildman–Crippen MR) is 61.1 cm³/mol. The van der Waals surface area contributed by atoms with E-state index in [4.69, 9.17) is 0 Å². The third kappa shape index (κ3) is 4.26. The number of amides is 1. The summed E-state index contributed by atoms with van der Waals surface area (Å²) >= 11 is 0. The fourth-order valence-corrected chi connectivity index (χ4v) is 1.15. The van der Waals surface area contributed by atoms with Crippen molar-refractivity contribution in [3.63, 3.8) is 0 Å². The van der Waals surface area contributed by atoms with E-state index in [1.807, 2.05) is 34.6 Å². The first-order valence-corrected chi connectivity index (χ1v) is 4.86. The molecule has 1 amide bonds. The van der Waals surface area contributed by atoms with Crippen molar-refractivity contribution in [3.05, 3.63) is 24.3 Å². The zero-order chi connectivity index (χ0) is 11.4. The molecule has 0 aromatic heterocycles. The summed E-state index contributed by atoms with van der Waals surface area (Å²) in [6, 6.07) is 0. The van der Waals surface area contributed by atoms with Gasteiger partial charge in [0.05, 0.1) is 0 Å². The Balaban J connectivity index is 4.75. The third-order valence-corrected chi connectivity index (χ3v) is 1.80. The maximum absolute atomic E-state index is 11.8. The van der Waals surface area contributed by atoms with Gasteiger partial charge >= 0.3 is 0 Å². The average Bonchev–Trinajstić information content (AvgIpc) is 1.96. The van der Waals surface area contributed by atoms with E-state index in [2.05, 4.69) is 6.58 Å². The minimum atomic E-state index is -0.156. The smallest absolute Gasteiger partial charge is 0.247 e. The maximum atomic E-state index is 11.8. The van der Waals surface area contributed by atoms with Gasteiger partial charge in [-0.15, -0.1) is 6.58 Å². The fraction of sp³-hybridized carbons (Fsp3) is 0.583. The SMILES string of the molecule is C=CCN(C(=O)C=C(C)C)C(C)(C)C. The highest BCUT2D eigenvalue weighted by atomic mass is 16.2. The Bertz CT molecular complexity index is 242. The van der Waals surface area contributed by atoms with Gasteiger partial charge < -0.3 is 4.90 Å². The van der Waals surface area contributed by atoms with Crippen LogP contribution in [0.25, 0.3) is 0 Å². The molecule has 0 aliphatic rings. The molecule has 0 N–H and O–H groups in total. The Morgan fingerprint density at radius 2 is 1.86 bits per heavy atom. The van der Waals surface area contributed by atoms with E-state index in [9.17, 15) is 4.79 Å². The first kappa shape index (κ1) is 12.9. The van der Waals surface area contributed by atoms with Gasteiger partial charge in [-0.2, -0.15) is 0 Å². The summed E-state index contributed by atoms with van der Waals surface area (Å²) in [5.74, 6) is 0.0531. The molecule has 0 aliphatic heterocycles. The van der Waals surface area contributed by atoms with E-state index in [-0.39, 0.29) is 11.4 Å². The summed E-state index contributed by atoms with van der Waals surface area (Å²) in [4.78, 5) is 13.6. The summed E-state index contributed by atoms with van der Waals surface area (Å²) in [6.07, 6.45) is 3.41. The van der Waals surface area contributed by atoms with Crippen molar-refractivity contribution in [2.75, 3.05) is 6.54 Å². The summed E-state index contributed by atoms with van der Waals surface area (Å²) in [5, 5.41) is 0. The zero-order valence-corrected chi connectivity index (χ0v) is 9.92. The Morgan fingerprint density at radius 1 is 1.36 bits per heavy atom. The Morgan fingerprint density at radius 3 is 2.14 bits per heavy atom. The van der Waals surface area contributed by atoms with Gasteiger partial charge in [-0.3, -0.25) is 4.79 Å². The normalized spacial score (nSPS) is 10.6. The molecule has 2 heteroatoms. The Kier molecular flexibility index (Phi) is 4.61. The molecule has 2 nitrogen and oxygen atoms in total. The number of rotatable bonds is 3. The van der Waals surface area contributed by atoms with E-state index in [0.717, 1.165) is 5.57 Å². The first-order valence-electron chi connectivity index (χ1n) is 4.86. The van der Waals surface area contributed by atoms with Crippen LogP contribution in [-0.4, -0.2) is 22.9 Å². The molecule has 0 heterocycles. The van der Waals surface area contributed by atoms with Gasteiger partial charge in [0.1, 0.15) is 0 Å². The molecule has 0 saturated carbocycles. The number of nitrogens with zero attached hydrogens (tertiary/aromatic N) is 1. The van der Waals surface area contributed by atoms with Crippen LogP contribution in [0.3, 0.4) is 0 Å². The number of carbonyl (C=O) groups is 1. The van der Waals surface area contributed by atoms with Crippen molar-refractivity contribution in [1.82, 2.24) is 4.90 Å². The second kappa shape index (κ2) is 4.99. The van der Waals surface area contributed by atoms with Crippen LogP contribution in [0.2, 0.25) is 0 Å².